The first-order valence-corrected chi connectivity index (χ1v) is 3.82. The fourth-order valence-electron chi connectivity index (χ4n) is 1.01. The van der Waals surface area contributed by atoms with Crippen LogP contribution in [0.4, 0.5) is 0 Å². The van der Waals surface area contributed by atoms with E-state index in [-0.39, 0.29) is 6.17 Å². The lowest BCUT2D eigenvalue weighted by atomic mass is 10.1. The Balaban J connectivity index is 2.46. The highest BCUT2D eigenvalue weighted by atomic mass is 16.1. The summed E-state index contributed by atoms with van der Waals surface area (Å²) in [5.41, 5.74) is 6.70. The van der Waals surface area contributed by atoms with Crippen molar-refractivity contribution in [2.75, 3.05) is 0 Å². The molecule has 3 heteroatoms. The average molecular weight is 164 g/mol. The lowest BCUT2D eigenvalue weighted by Crippen LogP contribution is -2.38. The van der Waals surface area contributed by atoms with Crippen molar-refractivity contribution >= 4 is 6.41 Å². The molecule has 0 aliphatic carbocycles. The molecule has 64 valence electrons. The summed E-state index contributed by atoms with van der Waals surface area (Å²) in [4.78, 5) is 10.0. The van der Waals surface area contributed by atoms with Gasteiger partial charge in [0.15, 0.2) is 0 Å². The van der Waals surface area contributed by atoms with Crippen LogP contribution in [0.1, 0.15) is 5.56 Å². The van der Waals surface area contributed by atoms with E-state index in [1.807, 2.05) is 30.3 Å². The van der Waals surface area contributed by atoms with Crippen LogP contribution in [0.2, 0.25) is 0 Å². The van der Waals surface area contributed by atoms with Gasteiger partial charge in [0, 0.05) is 6.42 Å². The van der Waals surface area contributed by atoms with Crippen molar-refractivity contribution in [3.8, 4) is 0 Å². The number of amides is 1. The molecular weight excluding hydrogens is 152 g/mol. The zero-order valence-electron chi connectivity index (χ0n) is 6.73. The van der Waals surface area contributed by atoms with Gasteiger partial charge in [0.2, 0.25) is 6.41 Å². The van der Waals surface area contributed by atoms with Crippen molar-refractivity contribution in [2.45, 2.75) is 12.6 Å². The second-order valence-electron chi connectivity index (χ2n) is 2.58. The van der Waals surface area contributed by atoms with Gasteiger partial charge in [-0.2, -0.15) is 0 Å². The van der Waals surface area contributed by atoms with Gasteiger partial charge in [0.1, 0.15) is 0 Å². The van der Waals surface area contributed by atoms with Gasteiger partial charge in [-0.3, -0.25) is 4.79 Å². The normalized spacial score (nSPS) is 12.1. The van der Waals surface area contributed by atoms with Crippen LogP contribution in [0.5, 0.6) is 0 Å². The summed E-state index contributed by atoms with van der Waals surface area (Å²) in [6.45, 7) is 0. The zero-order chi connectivity index (χ0) is 8.81. The Labute approximate surface area is 71.6 Å². The maximum atomic E-state index is 10.0. The second-order valence-corrected chi connectivity index (χ2v) is 2.58. The fraction of sp³-hybridized carbons (Fsp3) is 0.222. The molecule has 1 aromatic rings. The predicted molar refractivity (Wildman–Crippen MR) is 47.3 cm³/mol. The monoisotopic (exact) mass is 164 g/mol. The molecule has 1 rings (SSSR count). The number of nitrogens with one attached hydrogen (secondary N) is 1. The first kappa shape index (κ1) is 8.74. The van der Waals surface area contributed by atoms with Crippen molar-refractivity contribution in [3.63, 3.8) is 0 Å². The molecule has 3 N–H and O–H groups in total. The average Bonchev–Trinajstić information content (AvgIpc) is 2.06. The third-order valence-corrected chi connectivity index (χ3v) is 1.58. The Morgan fingerprint density at radius 3 is 2.67 bits per heavy atom. The number of carbonyl (C=O) groups is 1. The lowest BCUT2D eigenvalue weighted by molar-refractivity contribution is -0.110. The Bertz CT molecular complexity index is 236. The van der Waals surface area contributed by atoms with E-state index in [1.54, 1.807) is 0 Å². The molecule has 0 fully saturated rings. The molecule has 0 heterocycles. The van der Waals surface area contributed by atoms with E-state index in [0.29, 0.717) is 12.8 Å². The van der Waals surface area contributed by atoms with Crippen LogP contribution in [0.15, 0.2) is 30.3 Å². The molecule has 0 bridgehead atoms. The first-order chi connectivity index (χ1) is 5.83. The molecule has 0 saturated heterocycles. The molecule has 0 spiro atoms. The molecule has 0 aliphatic rings. The van der Waals surface area contributed by atoms with Gasteiger partial charge < -0.3 is 11.1 Å². The molecule has 0 aliphatic heterocycles. The van der Waals surface area contributed by atoms with E-state index in [2.05, 4.69) is 5.32 Å². The van der Waals surface area contributed by atoms with E-state index in [9.17, 15) is 4.79 Å². The van der Waals surface area contributed by atoms with Crippen molar-refractivity contribution in [1.29, 1.82) is 0 Å². The van der Waals surface area contributed by atoms with E-state index in [0.717, 1.165) is 5.56 Å². The Morgan fingerprint density at radius 2 is 2.08 bits per heavy atom. The van der Waals surface area contributed by atoms with E-state index >= 15 is 0 Å². The van der Waals surface area contributed by atoms with Gasteiger partial charge in [0.05, 0.1) is 6.17 Å². The van der Waals surface area contributed by atoms with Gasteiger partial charge in [0.25, 0.3) is 0 Å². The molecular formula is C9H12N2O. The molecule has 12 heavy (non-hydrogen) atoms. The van der Waals surface area contributed by atoms with Crippen molar-refractivity contribution in [2.24, 2.45) is 5.73 Å². The van der Waals surface area contributed by atoms with Crippen LogP contribution >= 0.6 is 0 Å². The van der Waals surface area contributed by atoms with Crippen molar-refractivity contribution in [3.05, 3.63) is 35.9 Å². The highest BCUT2D eigenvalue weighted by Gasteiger charge is 1.99. The van der Waals surface area contributed by atoms with E-state index < -0.39 is 0 Å². The largest absolute Gasteiger partial charge is 0.343 e. The predicted octanol–water partition coefficient (Wildman–Crippen LogP) is 0.260. The first-order valence-electron chi connectivity index (χ1n) is 3.82. The molecule has 1 aromatic carbocycles. The molecule has 1 atom stereocenters. The van der Waals surface area contributed by atoms with E-state index in [1.165, 1.54) is 0 Å². The molecule has 1 amide bonds. The van der Waals surface area contributed by atoms with Gasteiger partial charge >= 0.3 is 0 Å². The maximum absolute atomic E-state index is 10.0. The Kier molecular flexibility index (Phi) is 3.29. The van der Waals surface area contributed by atoms with Crippen LogP contribution in [0.3, 0.4) is 0 Å². The van der Waals surface area contributed by atoms with Crippen LogP contribution < -0.4 is 11.1 Å². The summed E-state index contributed by atoms with van der Waals surface area (Å²) in [5.74, 6) is 0. The van der Waals surface area contributed by atoms with Gasteiger partial charge in [-0.15, -0.1) is 0 Å². The van der Waals surface area contributed by atoms with Crippen molar-refractivity contribution < 1.29 is 4.79 Å². The minimum Gasteiger partial charge on any atom is -0.343 e. The summed E-state index contributed by atoms with van der Waals surface area (Å²) in [7, 11) is 0. The van der Waals surface area contributed by atoms with Crippen LogP contribution in [-0.2, 0) is 11.2 Å². The number of hydrogen-bond acceptors (Lipinski definition) is 2. The highest BCUT2D eigenvalue weighted by Crippen LogP contribution is 1.99. The number of rotatable bonds is 4. The van der Waals surface area contributed by atoms with Gasteiger partial charge in [-0.1, -0.05) is 30.3 Å². The second kappa shape index (κ2) is 4.51. The van der Waals surface area contributed by atoms with Crippen LogP contribution in [0.25, 0.3) is 0 Å². The van der Waals surface area contributed by atoms with Crippen molar-refractivity contribution in [1.82, 2.24) is 5.32 Å². The number of nitrogens with two attached hydrogens (primary N) is 1. The highest BCUT2D eigenvalue weighted by molar-refractivity contribution is 5.46. The molecule has 1 unspecified atom stereocenters. The van der Waals surface area contributed by atoms with E-state index in [4.69, 9.17) is 5.73 Å². The molecule has 0 saturated carbocycles. The quantitative estimate of drug-likeness (QED) is 0.495. The minimum absolute atomic E-state index is 0.287. The number of hydrogen-bond donors (Lipinski definition) is 2. The van der Waals surface area contributed by atoms with Crippen LogP contribution in [0, 0.1) is 0 Å². The van der Waals surface area contributed by atoms with Crippen LogP contribution in [-0.4, -0.2) is 12.6 Å². The maximum Gasteiger partial charge on any atom is 0.208 e. The lowest BCUT2D eigenvalue weighted by Gasteiger charge is -2.09. The topological polar surface area (TPSA) is 55.1 Å². The summed E-state index contributed by atoms with van der Waals surface area (Å²) < 4.78 is 0. The van der Waals surface area contributed by atoms with Gasteiger partial charge in [-0.25, -0.2) is 0 Å². The Hall–Kier alpha value is -1.35. The summed E-state index contributed by atoms with van der Waals surface area (Å²) in [6, 6.07) is 9.80. The standard InChI is InChI=1S/C9H12N2O/c10-9(11-7-12)6-8-4-2-1-3-5-8/h1-5,7,9H,6,10H2,(H,11,12). The number of carbonyl (C=O) groups excluding carboxylic acids is 1. The fourth-order valence-corrected chi connectivity index (χ4v) is 1.01. The number of benzene rings is 1. The molecule has 0 aromatic heterocycles. The summed E-state index contributed by atoms with van der Waals surface area (Å²) in [6.07, 6.45) is 0.998. The SMILES string of the molecule is NC(Cc1ccccc1)NC=O. The Morgan fingerprint density at radius 1 is 1.42 bits per heavy atom. The summed E-state index contributed by atoms with van der Waals surface area (Å²) in [5, 5.41) is 2.49. The van der Waals surface area contributed by atoms with Gasteiger partial charge in [-0.05, 0) is 5.56 Å². The third-order valence-electron chi connectivity index (χ3n) is 1.58. The molecule has 3 nitrogen and oxygen atoms in total. The third kappa shape index (κ3) is 2.72. The summed E-state index contributed by atoms with van der Waals surface area (Å²) >= 11 is 0. The molecule has 0 radical (unpaired) electrons. The minimum atomic E-state index is -0.287. The zero-order valence-corrected chi connectivity index (χ0v) is 6.73. The smallest absolute Gasteiger partial charge is 0.208 e.